The van der Waals surface area contributed by atoms with Gasteiger partial charge in [0.2, 0.25) is 0 Å². The number of piperazine rings is 1. The zero-order valence-corrected chi connectivity index (χ0v) is 16.2. The highest BCUT2D eigenvalue weighted by atomic mass is 16.3. The number of aliphatic hydroxyl groups is 1. The van der Waals surface area contributed by atoms with Gasteiger partial charge in [0.05, 0.1) is 43.1 Å². The van der Waals surface area contributed by atoms with Gasteiger partial charge in [-0.3, -0.25) is 18.9 Å². The van der Waals surface area contributed by atoms with E-state index in [1.54, 1.807) is 0 Å². The minimum Gasteiger partial charge on any atom is -0.395 e. The van der Waals surface area contributed by atoms with Crippen LogP contribution >= 0.6 is 0 Å². The minimum atomic E-state index is -0.107. The molecule has 0 spiro atoms. The van der Waals surface area contributed by atoms with E-state index in [4.69, 9.17) is 5.11 Å². The van der Waals surface area contributed by atoms with Crippen molar-refractivity contribution in [1.29, 1.82) is 0 Å². The zero-order valence-electron chi connectivity index (χ0n) is 16.2. The van der Waals surface area contributed by atoms with E-state index in [0.29, 0.717) is 10.9 Å². The van der Waals surface area contributed by atoms with Gasteiger partial charge in [0, 0.05) is 44.6 Å². The molecule has 2 aromatic heterocycles. The molecule has 0 saturated carbocycles. The summed E-state index contributed by atoms with van der Waals surface area (Å²) in [6, 6.07) is 5.83. The van der Waals surface area contributed by atoms with Crippen LogP contribution in [0, 0.1) is 6.92 Å². The lowest BCUT2D eigenvalue weighted by atomic mass is 10.2. The molecular weight excluding hydrogens is 356 g/mol. The maximum absolute atomic E-state index is 12.4. The van der Waals surface area contributed by atoms with Crippen LogP contribution in [0.4, 0.5) is 5.69 Å². The van der Waals surface area contributed by atoms with Crippen molar-refractivity contribution < 1.29 is 5.11 Å². The van der Waals surface area contributed by atoms with Crippen LogP contribution in [-0.4, -0.2) is 68.7 Å². The molecule has 1 saturated heterocycles. The molecular formula is C20H26N6O2. The Bertz CT molecular complexity index is 1000. The van der Waals surface area contributed by atoms with E-state index in [0.717, 1.165) is 45.0 Å². The molecule has 1 aliphatic heterocycles. The van der Waals surface area contributed by atoms with E-state index in [-0.39, 0.29) is 18.7 Å². The largest absolute Gasteiger partial charge is 0.395 e. The monoisotopic (exact) mass is 382 g/mol. The topological polar surface area (TPSA) is 79.4 Å². The fraction of sp³-hybridized carbons (Fsp3) is 0.450. The van der Waals surface area contributed by atoms with Crippen molar-refractivity contribution in [3.63, 3.8) is 0 Å². The van der Waals surface area contributed by atoms with Crippen molar-refractivity contribution in [2.75, 3.05) is 44.2 Å². The molecule has 0 radical (unpaired) electrons. The van der Waals surface area contributed by atoms with Crippen LogP contribution in [0.15, 0.2) is 41.7 Å². The third-order valence-electron chi connectivity index (χ3n) is 5.29. The lowest BCUT2D eigenvalue weighted by Crippen LogP contribution is -2.47. The molecule has 148 valence electrons. The highest BCUT2D eigenvalue weighted by molar-refractivity contribution is 5.81. The zero-order chi connectivity index (χ0) is 19.5. The second-order valence-corrected chi connectivity index (χ2v) is 7.28. The predicted octanol–water partition coefficient (Wildman–Crippen LogP) is 0.716. The number of fused-ring (bicyclic) bond motifs is 1. The average Bonchev–Trinajstić information content (AvgIpc) is 3.14. The molecule has 1 fully saturated rings. The molecule has 3 heterocycles. The number of nitrogens with zero attached hydrogens (tertiary/aromatic N) is 6. The third kappa shape index (κ3) is 3.93. The molecule has 0 amide bonds. The molecule has 0 unspecified atom stereocenters. The van der Waals surface area contributed by atoms with Gasteiger partial charge in [-0.2, -0.15) is 5.10 Å². The Labute approximate surface area is 163 Å². The Balaban J connectivity index is 1.39. The average molecular weight is 382 g/mol. The first-order valence-electron chi connectivity index (χ1n) is 9.70. The standard InChI is InChI=1S/C20H26N6O2/c1-16-13-22-26(14-16)9-6-23-4-7-24(8-5-23)17-2-3-18-19(12-17)21-15-25(10-11-27)20(18)28/h2-3,12-15,27H,4-11H2,1H3. The van der Waals surface area contributed by atoms with Crippen LogP contribution in [0.1, 0.15) is 5.56 Å². The number of hydrogen-bond donors (Lipinski definition) is 1. The van der Waals surface area contributed by atoms with Gasteiger partial charge in [-0.25, -0.2) is 4.98 Å². The lowest BCUT2D eigenvalue weighted by Gasteiger charge is -2.36. The highest BCUT2D eigenvalue weighted by Crippen LogP contribution is 2.20. The van der Waals surface area contributed by atoms with Crippen LogP contribution < -0.4 is 10.5 Å². The highest BCUT2D eigenvalue weighted by Gasteiger charge is 2.18. The van der Waals surface area contributed by atoms with Crippen LogP contribution in [0.3, 0.4) is 0 Å². The first-order chi connectivity index (χ1) is 13.6. The van der Waals surface area contributed by atoms with E-state index in [9.17, 15) is 4.79 Å². The Kier molecular flexibility index (Phi) is 5.40. The SMILES string of the molecule is Cc1cnn(CCN2CCN(c3ccc4c(=O)n(CCO)cnc4c3)CC2)c1. The van der Waals surface area contributed by atoms with Crippen molar-refractivity contribution in [2.45, 2.75) is 20.0 Å². The van der Waals surface area contributed by atoms with E-state index in [2.05, 4.69) is 33.0 Å². The van der Waals surface area contributed by atoms with Gasteiger partial charge in [-0.1, -0.05) is 0 Å². The summed E-state index contributed by atoms with van der Waals surface area (Å²) in [5.74, 6) is 0. The van der Waals surface area contributed by atoms with Crippen molar-refractivity contribution in [1.82, 2.24) is 24.2 Å². The van der Waals surface area contributed by atoms with E-state index in [1.807, 2.05) is 29.1 Å². The maximum Gasteiger partial charge on any atom is 0.261 e. The second kappa shape index (κ2) is 8.12. The number of rotatable bonds is 6. The number of aryl methyl sites for hydroxylation is 1. The predicted molar refractivity (Wildman–Crippen MR) is 109 cm³/mol. The van der Waals surface area contributed by atoms with Crippen LogP contribution in [0.2, 0.25) is 0 Å². The van der Waals surface area contributed by atoms with E-state index in [1.165, 1.54) is 16.5 Å². The van der Waals surface area contributed by atoms with Crippen molar-refractivity contribution in [2.24, 2.45) is 0 Å². The molecule has 0 bridgehead atoms. The first kappa shape index (κ1) is 18.6. The number of aromatic nitrogens is 4. The smallest absolute Gasteiger partial charge is 0.261 e. The fourth-order valence-electron chi connectivity index (χ4n) is 3.67. The summed E-state index contributed by atoms with van der Waals surface area (Å²) in [5, 5.41) is 14.0. The van der Waals surface area contributed by atoms with Gasteiger partial charge in [-0.15, -0.1) is 0 Å². The van der Waals surface area contributed by atoms with E-state index < -0.39 is 0 Å². The second-order valence-electron chi connectivity index (χ2n) is 7.28. The van der Waals surface area contributed by atoms with Gasteiger partial charge in [-0.05, 0) is 30.7 Å². The third-order valence-corrected chi connectivity index (χ3v) is 5.29. The maximum atomic E-state index is 12.4. The Morgan fingerprint density at radius 3 is 2.64 bits per heavy atom. The molecule has 8 heteroatoms. The van der Waals surface area contributed by atoms with Gasteiger partial charge < -0.3 is 10.0 Å². The molecule has 8 nitrogen and oxygen atoms in total. The summed E-state index contributed by atoms with van der Waals surface area (Å²) in [6.45, 7) is 8.07. The molecule has 3 aromatic rings. The number of anilines is 1. The lowest BCUT2D eigenvalue weighted by molar-refractivity contribution is 0.244. The van der Waals surface area contributed by atoms with E-state index >= 15 is 0 Å². The normalized spacial score (nSPS) is 15.4. The number of benzene rings is 1. The Morgan fingerprint density at radius 1 is 1.11 bits per heavy atom. The molecule has 0 aliphatic carbocycles. The molecule has 1 N–H and O–H groups in total. The van der Waals surface area contributed by atoms with Gasteiger partial charge >= 0.3 is 0 Å². The molecule has 28 heavy (non-hydrogen) atoms. The summed E-state index contributed by atoms with van der Waals surface area (Å²) < 4.78 is 3.45. The summed E-state index contributed by atoms with van der Waals surface area (Å²) in [6.07, 6.45) is 5.48. The van der Waals surface area contributed by atoms with Crippen LogP contribution in [-0.2, 0) is 13.1 Å². The number of aliphatic hydroxyl groups excluding tert-OH is 1. The van der Waals surface area contributed by atoms with Gasteiger partial charge in [0.25, 0.3) is 5.56 Å². The van der Waals surface area contributed by atoms with Crippen molar-refractivity contribution in [3.8, 4) is 0 Å². The summed E-state index contributed by atoms with van der Waals surface area (Å²) in [7, 11) is 0. The Morgan fingerprint density at radius 2 is 1.93 bits per heavy atom. The molecule has 1 aromatic carbocycles. The summed E-state index contributed by atoms with van der Waals surface area (Å²) >= 11 is 0. The molecule has 1 aliphatic rings. The van der Waals surface area contributed by atoms with Crippen LogP contribution in [0.5, 0.6) is 0 Å². The quantitative estimate of drug-likeness (QED) is 0.677. The molecule has 0 atom stereocenters. The Hall–Kier alpha value is -2.71. The fourth-order valence-corrected chi connectivity index (χ4v) is 3.67. The first-order valence-corrected chi connectivity index (χ1v) is 9.70. The molecule has 4 rings (SSSR count). The van der Waals surface area contributed by atoms with Crippen LogP contribution in [0.25, 0.3) is 10.9 Å². The van der Waals surface area contributed by atoms with Gasteiger partial charge in [0.1, 0.15) is 0 Å². The minimum absolute atomic E-state index is 0.0739. The number of hydrogen-bond acceptors (Lipinski definition) is 6. The summed E-state index contributed by atoms with van der Waals surface area (Å²) in [5.41, 5.74) is 2.89. The summed E-state index contributed by atoms with van der Waals surface area (Å²) in [4.78, 5) is 21.6. The van der Waals surface area contributed by atoms with Gasteiger partial charge in [0.15, 0.2) is 0 Å². The van der Waals surface area contributed by atoms with Crippen molar-refractivity contribution >= 4 is 16.6 Å². The van der Waals surface area contributed by atoms with Crippen molar-refractivity contribution in [3.05, 3.63) is 52.8 Å².